The van der Waals surface area contributed by atoms with E-state index in [-0.39, 0.29) is 24.8 Å². The first-order chi connectivity index (χ1) is 15.3. The molecule has 32 heavy (non-hydrogen) atoms. The average Bonchev–Trinajstić information content (AvgIpc) is 2.79. The lowest BCUT2D eigenvalue weighted by atomic mass is 10.1. The van der Waals surface area contributed by atoms with E-state index in [0.717, 1.165) is 5.56 Å². The van der Waals surface area contributed by atoms with E-state index in [1.54, 1.807) is 12.1 Å². The summed E-state index contributed by atoms with van der Waals surface area (Å²) in [5.41, 5.74) is 13.0. The fourth-order valence-corrected chi connectivity index (χ4v) is 2.80. The molecule has 0 aliphatic heterocycles. The molecule has 2 amide bonds. The van der Waals surface area contributed by atoms with Crippen LogP contribution in [0.3, 0.4) is 0 Å². The van der Waals surface area contributed by atoms with Crippen LogP contribution in [0.5, 0.6) is 5.88 Å². The molecule has 2 aromatic rings. The van der Waals surface area contributed by atoms with Crippen LogP contribution in [0.15, 0.2) is 42.5 Å². The summed E-state index contributed by atoms with van der Waals surface area (Å²) in [5, 5.41) is 14.7. The number of carbonyl (C=O) groups is 3. The van der Waals surface area contributed by atoms with E-state index in [1.165, 1.54) is 0 Å². The van der Waals surface area contributed by atoms with Gasteiger partial charge in [0.25, 0.3) is 5.91 Å². The number of aliphatic carboxylic acids is 1. The van der Waals surface area contributed by atoms with E-state index in [9.17, 15) is 19.5 Å². The lowest BCUT2D eigenvalue weighted by Crippen LogP contribution is -2.43. The Morgan fingerprint density at radius 1 is 1.16 bits per heavy atom. The third-order valence-electron chi connectivity index (χ3n) is 4.37. The standard InChI is InChI=1S/C21H27N5O5S/c22-14(12-32)10-24-16-7-6-15(13-4-2-1-3-5-13)26-20(16)31-11-19(28)25-17(21(29)30)8-9-18(23)27/h1-7,14,17,24,32H,8-12,22H2,(H2,23,27)(H,25,28)(H,29,30)/t14?,17-/m0/s1. The van der Waals surface area contributed by atoms with Gasteiger partial charge in [0, 0.05) is 30.3 Å². The number of pyridine rings is 1. The molecule has 1 aromatic carbocycles. The summed E-state index contributed by atoms with van der Waals surface area (Å²) in [6.07, 6.45) is -0.287. The van der Waals surface area contributed by atoms with E-state index in [1.807, 2.05) is 30.3 Å². The predicted octanol–water partition coefficient (Wildman–Crippen LogP) is 0.631. The number of thiol groups is 1. The number of carbonyl (C=O) groups excluding carboxylic acids is 2. The maximum Gasteiger partial charge on any atom is 0.326 e. The SMILES string of the molecule is NC(=O)CC[C@H](NC(=O)COc1nc(-c2ccccc2)ccc1NCC(N)CS)C(=O)O. The average molecular weight is 462 g/mol. The number of aromatic nitrogens is 1. The molecule has 172 valence electrons. The minimum absolute atomic E-state index is 0.118. The molecule has 0 spiro atoms. The Balaban J connectivity index is 2.12. The first-order valence-corrected chi connectivity index (χ1v) is 10.5. The van der Waals surface area contributed by atoms with Gasteiger partial charge in [0.1, 0.15) is 6.04 Å². The van der Waals surface area contributed by atoms with Gasteiger partial charge in [0.2, 0.25) is 11.8 Å². The normalized spacial score (nSPS) is 12.4. The van der Waals surface area contributed by atoms with Crippen LogP contribution in [0, 0.1) is 0 Å². The molecule has 0 aliphatic carbocycles. The molecule has 10 nitrogen and oxygen atoms in total. The number of rotatable bonds is 13. The van der Waals surface area contributed by atoms with Crippen molar-refractivity contribution in [2.45, 2.75) is 24.9 Å². The molecule has 11 heteroatoms. The summed E-state index contributed by atoms with van der Waals surface area (Å²) in [4.78, 5) is 39.0. The number of carboxylic acids is 1. The van der Waals surface area contributed by atoms with Crippen molar-refractivity contribution < 1.29 is 24.2 Å². The smallest absolute Gasteiger partial charge is 0.326 e. The molecule has 0 radical (unpaired) electrons. The highest BCUT2D eigenvalue weighted by molar-refractivity contribution is 7.80. The molecular formula is C21H27N5O5S. The highest BCUT2D eigenvalue weighted by Crippen LogP contribution is 2.27. The lowest BCUT2D eigenvalue weighted by Gasteiger charge is -2.17. The van der Waals surface area contributed by atoms with Crippen LogP contribution in [0.4, 0.5) is 5.69 Å². The van der Waals surface area contributed by atoms with E-state index < -0.39 is 30.4 Å². The van der Waals surface area contributed by atoms with Gasteiger partial charge >= 0.3 is 5.97 Å². The van der Waals surface area contributed by atoms with Crippen LogP contribution >= 0.6 is 12.6 Å². The van der Waals surface area contributed by atoms with Gasteiger partial charge in [-0.05, 0) is 18.6 Å². The zero-order chi connectivity index (χ0) is 23.5. The number of benzene rings is 1. The first kappa shape index (κ1) is 25.0. The second-order valence-electron chi connectivity index (χ2n) is 6.99. The third-order valence-corrected chi connectivity index (χ3v) is 4.84. The van der Waals surface area contributed by atoms with Crippen LogP contribution < -0.4 is 26.8 Å². The van der Waals surface area contributed by atoms with Gasteiger partial charge < -0.3 is 31.9 Å². The summed E-state index contributed by atoms with van der Waals surface area (Å²) in [6.45, 7) is -0.0640. The monoisotopic (exact) mass is 461 g/mol. The van der Waals surface area contributed by atoms with Crippen molar-refractivity contribution >= 4 is 36.1 Å². The molecule has 0 fully saturated rings. The van der Waals surface area contributed by atoms with Gasteiger partial charge in [-0.2, -0.15) is 12.6 Å². The van der Waals surface area contributed by atoms with Crippen LogP contribution in [0.1, 0.15) is 12.8 Å². The molecule has 0 saturated carbocycles. The zero-order valence-corrected chi connectivity index (χ0v) is 18.3. The minimum Gasteiger partial charge on any atom is -0.480 e. The Labute approximate surface area is 191 Å². The number of nitrogens with one attached hydrogen (secondary N) is 2. The highest BCUT2D eigenvalue weighted by Gasteiger charge is 2.21. The van der Waals surface area contributed by atoms with Gasteiger partial charge in [-0.3, -0.25) is 9.59 Å². The van der Waals surface area contributed by atoms with Crippen molar-refractivity contribution in [1.29, 1.82) is 0 Å². The van der Waals surface area contributed by atoms with E-state index in [4.69, 9.17) is 16.2 Å². The maximum absolute atomic E-state index is 12.3. The van der Waals surface area contributed by atoms with Crippen LogP contribution in [-0.4, -0.2) is 58.9 Å². The number of primary amides is 1. The Morgan fingerprint density at radius 3 is 2.50 bits per heavy atom. The van der Waals surface area contributed by atoms with Gasteiger partial charge in [-0.25, -0.2) is 9.78 Å². The topological polar surface area (TPSA) is 170 Å². The number of hydrogen-bond acceptors (Lipinski definition) is 8. The Morgan fingerprint density at radius 2 is 1.88 bits per heavy atom. The molecule has 2 atom stereocenters. The summed E-state index contributed by atoms with van der Waals surface area (Å²) in [7, 11) is 0. The molecule has 0 aliphatic rings. The Hall–Kier alpha value is -3.31. The molecular weight excluding hydrogens is 434 g/mol. The van der Waals surface area contributed by atoms with Crippen LogP contribution in [-0.2, 0) is 14.4 Å². The molecule has 2 rings (SSSR count). The number of nitrogens with two attached hydrogens (primary N) is 2. The predicted molar refractivity (Wildman–Crippen MR) is 123 cm³/mol. The lowest BCUT2D eigenvalue weighted by molar-refractivity contribution is -0.142. The molecule has 1 unspecified atom stereocenters. The van der Waals surface area contributed by atoms with E-state index in [2.05, 4.69) is 28.2 Å². The van der Waals surface area contributed by atoms with Crippen LogP contribution in [0.25, 0.3) is 11.3 Å². The number of anilines is 1. The Bertz CT molecular complexity index is 928. The van der Waals surface area contributed by atoms with Crippen molar-refractivity contribution in [3.05, 3.63) is 42.5 Å². The Kier molecular flexibility index (Phi) is 9.76. The van der Waals surface area contributed by atoms with E-state index >= 15 is 0 Å². The van der Waals surface area contributed by atoms with Crippen molar-refractivity contribution in [1.82, 2.24) is 10.3 Å². The van der Waals surface area contributed by atoms with Gasteiger partial charge in [-0.1, -0.05) is 30.3 Å². The fourth-order valence-electron chi connectivity index (χ4n) is 2.67. The number of carboxylic acid groups (broad SMARTS) is 1. The number of hydrogen-bond donors (Lipinski definition) is 6. The minimum atomic E-state index is -1.27. The van der Waals surface area contributed by atoms with Crippen LogP contribution in [0.2, 0.25) is 0 Å². The summed E-state index contributed by atoms with van der Waals surface area (Å²) in [5.74, 6) is -1.96. The summed E-state index contributed by atoms with van der Waals surface area (Å²) < 4.78 is 5.60. The second kappa shape index (κ2) is 12.5. The van der Waals surface area contributed by atoms with Gasteiger partial charge in [0.05, 0.1) is 11.4 Å². The summed E-state index contributed by atoms with van der Waals surface area (Å²) >= 11 is 4.16. The number of ether oxygens (including phenoxy) is 1. The largest absolute Gasteiger partial charge is 0.480 e. The van der Waals surface area contributed by atoms with Crippen molar-refractivity contribution in [2.24, 2.45) is 11.5 Å². The quantitative estimate of drug-likeness (QED) is 0.236. The van der Waals surface area contributed by atoms with Crippen molar-refractivity contribution in [3.8, 4) is 17.1 Å². The van der Waals surface area contributed by atoms with Crippen molar-refractivity contribution in [2.75, 3.05) is 24.2 Å². The third kappa shape index (κ3) is 8.08. The van der Waals surface area contributed by atoms with E-state index in [0.29, 0.717) is 23.7 Å². The molecule has 1 heterocycles. The molecule has 1 aromatic heterocycles. The highest BCUT2D eigenvalue weighted by atomic mass is 32.1. The first-order valence-electron chi connectivity index (χ1n) is 9.90. The molecule has 0 saturated heterocycles. The van der Waals surface area contributed by atoms with Gasteiger partial charge in [0.15, 0.2) is 6.61 Å². The number of amides is 2. The van der Waals surface area contributed by atoms with Crippen molar-refractivity contribution in [3.63, 3.8) is 0 Å². The number of nitrogens with zero attached hydrogens (tertiary/aromatic N) is 1. The van der Waals surface area contributed by atoms with Gasteiger partial charge in [-0.15, -0.1) is 0 Å². The molecule has 7 N–H and O–H groups in total. The molecule has 0 bridgehead atoms. The second-order valence-corrected chi connectivity index (χ2v) is 7.36. The maximum atomic E-state index is 12.3. The zero-order valence-electron chi connectivity index (χ0n) is 17.4. The summed E-state index contributed by atoms with van der Waals surface area (Å²) in [6, 6.07) is 11.5. The fraction of sp³-hybridized carbons (Fsp3) is 0.333.